The van der Waals surface area contributed by atoms with Gasteiger partial charge in [0.1, 0.15) is 11.6 Å². The van der Waals surface area contributed by atoms with Crippen molar-refractivity contribution in [2.75, 3.05) is 7.11 Å². The molecule has 17 heavy (non-hydrogen) atoms. The van der Waals surface area contributed by atoms with Crippen LogP contribution in [0.3, 0.4) is 0 Å². The van der Waals surface area contributed by atoms with Crippen LogP contribution in [0.4, 0.5) is 0 Å². The number of carboxylic acid groups (broad SMARTS) is 1. The zero-order valence-corrected chi connectivity index (χ0v) is 9.64. The van der Waals surface area contributed by atoms with E-state index in [0.29, 0.717) is 6.42 Å². The van der Waals surface area contributed by atoms with Gasteiger partial charge in [0.2, 0.25) is 5.88 Å². The highest BCUT2D eigenvalue weighted by Crippen LogP contribution is 2.13. The van der Waals surface area contributed by atoms with Gasteiger partial charge in [-0.05, 0) is 18.6 Å². The van der Waals surface area contributed by atoms with Gasteiger partial charge in [-0.3, -0.25) is 4.79 Å². The van der Waals surface area contributed by atoms with Gasteiger partial charge in [-0.1, -0.05) is 6.92 Å². The Morgan fingerprint density at radius 2 is 2.29 bits per heavy atom. The maximum atomic E-state index is 11.8. The number of hydrogen-bond acceptors (Lipinski definition) is 4. The van der Waals surface area contributed by atoms with Crippen molar-refractivity contribution >= 4 is 11.9 Å². The number of nitrogens with one attached hydrogen (secondary N) is 1. The first kappa shape index (κ1) is 13.0. The molecule has 1 heterocycles. The van der Waals surface area contributed by atoms with E-state index in [1.807, 2.05) is 0 Å². The Kier molecular flexibility index (Phi) is 4.45. The summed E-state index contributed by atoms with van der Waals surface area (Å²) in [4.78, 5) is 26.5. The van der Waals surface area contributed by atoms with Gasteiger partial charge in [0, 0.05) is 6.20 Å². The summed E-state index contributed by atoms with van der Waals surface area (Å²) < 4.78 is 4.92. The number of methoxy groups -OCH3 is 1. The average molecular weight is 238 g/mol. The van der Waals surface area contributed by atoms with E-state index >= 15 is 0 Å². The standard InChI is InChI=1S/C11H14N2O4/c1-3-8(11(15)16)13-9(14)7-5-4-6-12-10(7)17-2/h4-6,8H,3H2,1-2H3,(H,13,14)(H,15,16)/t8-/m0/s1. The van der Waals surface area contributed by atoms with Gasteiger partial charge in [-0.2, -0.15) is 0 Å². The van der Waals surface area contributed by atoms with Crippen molar-refractivity contribution in [1.82, 2.24) is 10.3 Å². The molecular formula is C11H14N2O4. The smallest absolute Gasteiger partial charge is 0.326 e. The quantitative estimate of drug-likeness (QED) is 0.787. The largest absolute Gasteiger partial charge is 0.480 e. The van der Waals surface area contributed by atoms with Crippen LogP contribution in [0.1, 0.15) is 23.7 Å². The maximum Gasteiger partial charge on any atom is 0.326 e. The van der Waals surface area contributed by atoms with Gasteiger partial charge in [-0.15, -0.1) is 0 Å². The van der Waals surface area contributed by atoms with E-state index in [0.717, 1.165) is 0 Å². The fraction of sp³-hybridized carbons (Fsp3) is 0.364. The molecule has 6 heteroatoms. The molecule has 0 spiro atoms. The Morgan fingerprint density at radius 3 is 2.82 bits per heavy atom. The molecular weight excluding hydrogens is 224 g/mol. The number of hydrogen-bond donors (Lipinski definition) is 2. The molecule has 0 fully saturated rings. The summed E-state index contributed by atoms with van der Waals surface area (Å²) in [5, 5.41) is 11.2. The molecule has 0 radical (unpaired) electrons. The van der Waals surface area contributed by atoms with Crippen molar-refractivity contribution in [3.8, 4) is 5.88 Å². The zero-order chi connectivity index (χ0) is 12.8. The summed E-state index contributed by atoms with van der Waals surface area (Å²) in [6.07, 6.45) is 1.80. The van der Waals surface area contributed by atoms with Crippen LogP contribution in [0.15, 0.2) is 18.3 Å². The van der Waals surface area contributed by atoms with Crippen molar-refractivity contribution in [1.29, 1.82) is 0 Å². The van der Waals surface area contributed by atoms with Crippen molar-refractivity contribution in [2.24, 2.45) is 0 Å². The molecule has 1 rings (SSSR count). The first-order valence-electron chi connectivity index (χ1n) is 5.12. The van der Waals surface area contributed by atoms with Gasteiger partial charge >= 0.3 is 5.97 Å². The van der Waals surface area contributed by atoms with Crippen molar-refractivity contribution in [3.63, 3.8) is 0 Å². The normalized spacial score (nSPS) is 11.6. The van der Waals surface area contributed by atoms with Crippen LogP contribution in [0.2, 0.25) is 0 Å². The summed E-state index contributed by atoms with van der Waals surface area (Å²) >= 11 is 0. The van der Waals surface area contributed by atoms with E-state index in [9.17, 15) is 9.59 Å². The molecule has 92 valence electrons. The molecule has 6 nitrogen and oxygen atoms in total. The van der Waals surface area contributed by atoms with Gasteiger partial charge in [0.05, 0.1) is 7.11 Å². The summed E-state index contributed by atoms with van der Waals surface area (Å²) in [5.74, 6) is -1.40. The van der Waals surface area contributed by atoms with Crippen molar-refractivity contribution < 1.29 is 19.4 Å². The Morgan fingerprint density at radius 1 is 1.59 bits per heavy atom. The highest BCUT2D eigenvalue weighted by molar-refractivity contribution is 5.98. The molecule has 0 unspecified atom stereocenters. The first-order valence-corrected chi connectivity index (χ1v) is 5.12. The predicted octanol–water partition coefficient (Wildman–Crippen LogP) is 0.683. The second kappa shape index (κ2) is 5.83. The molecule has 0 saturated heterocycles. The minimum Gasteiger partial charge on any atom is -0.480 e. The number of carbonyl (C=O) groups excluding carboxylic acids is 1. The Hall–Kier alpha value is -2.11. The number of ether oxygens (including phenoxy) is 1. The third-order valence-electron chi connectivity index (χ3n) is 2.22. The van der Waals surface area contributed by atoms with Gasteiger partial charge in [0.15, 0.2) is 0 Å². The van der Waals surface area contributed by atoms with Crippen molar-refractivity contribution in [2.45, 2.75) is 19.4 Å². The van der Waals surface area contributed by atoms with E-state index in [2.05, 4.69) is 10.3 Å². The van der Waals surface area contributed by atoms with E-state index in [1.54, 1.807) is 13.0 Å². The summed E-state index contributed by atoms with van der Waals surface area (Å²) in [7, 11) is 1.40. The lowest BCUT2D eigenvalue weighted by molar-refractivity contribution is -0.139. The Bertz CT molecular complexity index is 420. The summed E-state index contributed by atoms with van der Waals surface area (Å²) in [5.41, 5.74) is 0.217. The van der Waals surface area contributed by atoms with Crippen molar-refractivity contribution in [3.05, 3.63) is 23.9 Å². The lowest BCUT2D eigenvalue weighted by Gasteiger charge is -2.13. The molecule has 0 aliphatic rings. The van der Waals surface area contributed by atoms with Crippen LogP contribution < -0.4 is 10.1 Å². The predicted molar refractivity (Wildman–Crippen MR) is 60.0 cm³/mol. The lowest BCUT2D eigenvalue weighted by Crippen LogP contribution is -2.40. The topological polar surface area (TPSA) is 88.5 Å². The van der Waals surface area contributed by atoms with Crippen LogP contribution in [0, 0.1) is 0 Å². The molecule has 0 bridgehead atoms. The number of aliphatic carboxylic acids is 1. The summed E-state index contributed by atoms with van der Waals surface area (Å²) in [6.45, 7) is 1.68. The second-order valence-electron chi connectivity index (χ2n) is 3.33. The van der Waals surface area contributed by atoms with Gasteiger partial charge in [0.25, 0.3) is 5.91 Å². The van der Waals surface area contributed by atoms with E-state index in [-0.39, 0.29) is 11.4 Å². The third kappa shape index (κ3) is 3.17. The molecule has 1 atom stereocenters. The monoisotopic (exact) mass is 238 g/mol. The fourth-order valence-electron chi connectivity index (χ4n) is 1.30. The molecule has 2 N–H and O–H groups in total. The minimum atomic E-state index is -1.07. The highest BCUT2D eigenvalue weighted by Gasteiger charge is 2.20. The third-order valence-corrected chi connectivity index (χ3v) is 2.22. The molecule has 0 aliphatic carbocycles. The molecule has 1 aromatic rings. The molecule has 0 aliphatic heterocycles. The molecule has 0 saturated carbocycles. The minimum absolute atomic E-state index is 0.172. The van der Waals surface area contributed by atoms with E-state index in [4.69, 9.17) is 9.84 Å². The number of amides is 1. The fourth-order valence-corrected chi connectivity index (χ4v) is 1.30. The number of carbonyl (C=O) groups is 2. The number of rotatable bonds is 5. The molecule has 1 aromatic heterocycles. The summed E-state index contributed by atoms with van der Waals surface area (Å²) in [6, 6.07) is 2.20. The van der Waals surface area contributed by atoms with Crippen LogP contribution in [0.25, 0.3) is 0 Å². The average Bonchev–Trinajstić information content (AvgIpc) is 2.35. The van der Waals surface area contributed by atoms with E-state index in [1.165, 1.54) is 19.4 Å². The van der Waals surface area contributed by atoms with Crippen LogP contribution in [-0.4, -0.2) is 35.1 Å². The highest BCUT2D eigenvalue weighted by atomic mass is 16.5. The van der Waals surface area contributed by atoms with Crippen LogP contribution in [-0.2, 0) is 4.79 Å². The molecule has 0 aromatic carbocycles. The van der Waals surface area contributed by atoms with Gasteiger partial charge < -0.3 is 15.2 Å². The second-order valence-corrected chi connectivity index (χ2v) is 3.33. The lowest BCUT2D eigenvalue weighted by atomic mass is 10.2. The number of aromatic nitrogens is 1. The number of carboxylic acids is 1. The van der Waals surface area contributed by atoms with Gasteiger partial charge in [-0.25, -0.2) is 9.78 Å². The van der Waals surface area contributed by atoms with Crippen LogP contribution in [0.5, 0.6) is 5.88 Å². The molecule has 1 amide bonds. The first-order chi connectivity index (χ1) is 8.10. The zero-order valence-electron chi connectivity index (χ0n) is 9.64. The van der Waals surface area contributed by atoms with Crippen LogP contribution >= 0.6 is 0 Å². The Balaban J connectivity index is 2.86. The Labute approximate surface area is 98.6 Å². The van der Waals surface area contributed by atoms with E-state index < -0.39 is 17.9 Å². The number of nitrogens with zero attached hydrogens (tertiary/aromatic N) is 1. The SMILES string of the molecule is CC[C@H](NC(=O)c1cccnc1OC)C(=O)O. The maximum absolute atomic E-state index is 11.8. The number of pyridine rings is 1.